The highest BCUT2D eigenvalue weighted by molar-refractivity contribution is 4.95. The van der Waals surface area contributed by atoms with Crippen LogP contribution in [0.2, 0.25) is 0 Å². The van der Waals surface area contributed by atoms with Crippen molar-refractivity contribution in [1.29, 1.82) is 0 Å². The molecule has 1 nitrogen and oxygen atoms in total. The standard InChI is InChI=1S/C15H29N/c1-3-14(2)8-6-7-12-16-13-11-15-9-4-5-10-15/h4,9,14-16H,3,5-8,10-13H2,1-2H3. The van der Waals surface area contributed by atoms with Crippen molar-refractivity contribution < 1.29 is 0 Å². The van der Waals surface area contributed by atoms with Gasteiger partial charge in [-0.2, -0.15) is 0 Å². The zero-order valence-corrected chi connectivity index (χ0v) is 11.2. The predicted octanol–water partition coefficient (Wildman–Crippen LogP) is 4.15. The number of rotatable bonds is 9. The average molecular weight is 223 g/mol. The Hall–Kier alpha value is -0.300. The Balaban J connectivity index is 1.79. The summed E-state index contributed by atoms with van der Waals surface area (Å²) in [7, 11) is 0. The summed E-state index contributed by atoms with van der Waals surface area (Å²) in [5.41, 5.74) is 0. The van der Waals surface area contributed by atoms with Crippen LogP contribution in [0.15, 0.2) is 12.2 Å². The number of allylic oxidation sites excluding steroid dienone is 2. The smallest absolute Gasteiger partial charge is 0.00433 e. The van der Waals surface area contributed by atoms with Crippen LogP contribution in [0.5, 0.6) is 0 Å². The fourth-order valence-electron chi connectivity index (χ4n) is 2.30. The van der Waals surface area contributed by atoms with Crippen molar-refractivity contribution in [2.45, 2.75) is 58.8 Å². The largest absolute Gasteiger partial charge is 0.317 e. The lowest BCUT2D eigenvalue weighted by Gasteiger charge is -2.10. The van der Waals surface area contributed by atoms with Crippen LogP contribution in [0, 0.1) is 11.8 Å². The summed E-state index contributed by atoms with van der Waals surface area (Å²) in [6, 6.07) is 0. The lowest BCUT2D eigenvalue weighted by molar-refractivity contribution is 0.469. The lowest BCUT2D eigenvalue weighted by atomic mass is 10.0. The van der Waals surface area contributed by atoms with Gasteiger partial charge in [-0.15, -0.1) is 0 Å². The second kappa shape index (κ2) is 8.81. The van der Waals surface area contributed by atoms with E-state index in [1.54, 1.807) is 0 Å². The minimum atomic E-state index is 0.868. The first kappa shape index (κ1) is 13.8. The predicted molar refractivity (Wildman–Crippen MR) is 72.7 cm³/mol. The molecule has 1 aliphatic rings. The van der Waals surface area contributed by atoms with E-state index in [1.807, 2.05) is 0 Å². The molecule has 0 saturated heterocycles. The summed E-state index contributed by atoms with van der Waals surface area (Å²) in [5, 5.41) is 3.57. The minimum absolute atomic E-state index is 0.868. The topological polar surface area (TPSA) is 12.0 Å². The molecule has 0 bridgehead atoms. The Morgan fingerprint density at radius 1 is 1.31 bits per heavy atom. The Morgan fingerprint density at radius 2 is 2.19 bits per heavy atom. The van der Waals surface area contributed by atoms with E-state index in [0.717, 1.165) is 11.8 Å². The molecule has 0 saturated carbocycles. The van der Waals surface area contributed by atoms with Gasteiger partial charge in [0.15, 0.2) is 0 Å². The summed E-state index contributed by atoms with van der Waals surface area (Å²) < 4.78 is 0. The molecule has 0 aromatic rings. The molecule has 0 aliphatic heterocycles. The van der Waals surface area contributed by atoms with Crippen molar-refractivity contribution in [2.24, 2.45) is 11.8 Å². The van der Waals surface area contributed by atoms with Crippen LogP contribution in [0.4, 0.5) is 0 Å². The molecule has 1 aliphatic carbocycles. The van der Waals surface area contributed by atoms with E-state index in [1.165, 1.54) is 58.0 Å². The van der Waals surface area contributed by atoms with E-state index < -0.39 is 0 Å². The van der Waals surface area contributed by atoms with Crippen LogP contribution in [-0.2, 0) is 0 Å². The average Bonchev–Trinajstić information content (AvgIpc) is 2.80. The highest BCUT2D eigenvalue weighted by atomic mass is 14.8. The van der Waals surface area contributed by atoms with Crippen LogP contribution < -0.4 is 5.32 Å². The molecule has 0 amide bonds. The molecule has 1 heteroatoms. The molecule has 0 aromatic carbocycles. The van der Waals surface area contributed by atoms with E-state index in [9.17, 15) is 0 Å². The van der Waals surface area contributed by atoms with Gasteiger partial charge in [-0.3, -0.25) is 0 Å². The maximum atomic E-state index is 3.57. The first-order chi connectivity index (χ1) is 7.83. The SMILES string of the molecule is CCC(C)CCCCNCCC1C=CCC1. The lowest BCUT2D eigenvalue weighted by Crippen LogP contribution is -2.18. The third kappa shape index (κ3) is 6.32. The highest BCUT2D eigenvalue weighted by Gasteiger charge is 2.07. The van der Waals surface area contributed by atoms with Gasteiger partial charge >= 0.3 is 0 Å². The summed E-state index contributed by atoms with van der Waals surface area (Å²) in [4.78, 5) is 0. The van der Waals surface area contributed by atoms with Gasteiger partial charge in [0, 0.05) is 0 Å². The molecular weight excluding hydrogens is 194 g/mol. The molecule has 0 radical (unpaired) electrons. The molecule has 0 heterocycles. The normalized spacial score (nSPS) is 21.5. The van der Waals surface area contributed by atoms with Crippen LogP contribution in [0.25, 0.3) is 0 Å². The quantitative estimate of drug-likeness (QED) is 0.457. The second-order valence-corrected chi connectivity index (χ2v) is 5.31. The van der Waals surface area contributed by atoms with Crippen molar-refractivity contribution in [1.82, 2.24) is 5.32 Å². The Kier molecular flexibility index (Phi) is 7.58. The number of nitrogens with one attached hydrogen (secondary N) is 1. The molecule has 1 N–H and O–H groups in total. The van der Waals surface area contributed by atoms with E-state index in [4.69, 9.17) is 0 Å². The second-order valence-electron chi connectivity index (χ2n) is 5.31. The van der Waals surface area contributed by atoms with Crippen LogP contribution >= 0.6 is 0 Å². The summed E-state index contributed by atoms with van der Waals surface area (Å²) >= 11 is 0. The van der Waals surface area contributed by atoms with Crippen LogP contribution in [-0.4, -0.2) is 13.1 Å². The third-order valence-corrected chi connectivity index (χ3v) is 3.80. The molecule has 94 valence electrons. The summed E-state index contributed by atoms with van der Waals surface area (Å²) in [5.74, 6) is 1.79. The summed E-state index contributed by atoms with van der Waals surface area (Å²) in [6.45, 7) is 7.07. The van der Waals surface area contributed by atoms with Crippen LogP contribution in [0.1, 0.15) is 58.8 Å². The molecule has 0 aromatic heterocycles. The number of hydrogen-bond acceptors (Lipinski definition) is 1. The van der Waals surface area contributed by atoms with Gasteiger partial charge in [0.1, 0.15) is 0 Å². The number of unbranched alkanes of at least 4 members (excludes halogenated alkanes) is 1. The van der Waals surface area contributed by atoms with Crippen LogP contribution in [0.3, 0.4) is 0 Å². The van der Waals surface area contributed by atoms with Gasteiger partial charge in [0.2, 0.25) is 0 Å². The van der Waals surface area contributed by atoms with Gasteiger partial charge in [-0.05, 0) is 50.6 Å². The van der Waals surface area contributed by atoms with Crippen molar-refractivity contribution in [2.75, 3.05) is 13.1 Å². The maximum absolute atomic E-state index is 3.57. The number of hydrogen-bond donors (Lipinski definition) is 1. The first-order valence-electron chi connectivity index (χ1n) is 7.20. The van der Waals surface area contributed by atoms with E-state index in [-0.39, 0.29) is 0 Å². The Bertz CT molecular complexity index is 186. The monoisotopic (exact) mass is 223 g/mol. The molecule has 2 atom stereocenters. The minimum Gasteiger partial charge on any atom is -0.317 e. The molecule has 0 spiro atoms. The first-order valence-corrected chi connectivity index (χ1v) is 7.20. The fourth-order valence-corrected chi connectivity index (χ4v) is 2.30. The van der Waals surface area contributed by atoms with Gasteiger partial charge in [0.05, 0.1) is 0 Å². The van der Waals surface area contributed by atoms with Crippen molar-refractivity contribution in [3.8, 4) is 0 Å². The summed E-state index contributed by atoms with van der Waals surface area (Å²) in [6.07, 6.45) is 14.2. The Labute approximate surface area is 102 Å². The fraction of sp³-hybridized carbons (Fsp3) is 0.867. The van der Waals surface area contributed by atoms with Gasteiger partial charge < -0.3 is 5.32 Å². The highest BCUT2D eigenvalue weighted by Crippen LogP contribution is 2.19. The zero-order valence-electron chi connectivity index (χ0n) is 11.2. The zero-order chi connectivity index (χ0) is 11.6. The van der Waals surface area contributed by atoms with E-state index in [2.05, 4.69) is 31.3 Å². The molecular formula is C15H29N. The Morgan fingerprint density at radius 3 is 2.88 bits per heavy atom. The van der Waals surface area contributed by atoms with Crippen molar-refractivity contribution in [3.05, 3.63) is 12.2 Å². The molecule has 1 rings (SSSR count). The van der Waals surface area contributed by atoms with E-state index >= 15 is 0 Å². The van der Waals surface area contributed by atoms with Gasteiger partial charge in [0.25, 0.3) is 0 Å². The maximum Gasteiger partial charge on any atom is -0.00433 e. The van der Waals surface area contributed by atoms with E-state index in [0.29, 0.717) is 0 Å². The molecule has 2 unspecified atom stereocenters. The molecule has 16 heavy (non-hydrogen) atoms. The van der Waals surface area contributed by atoms with Gasteiger partial charge in [-0.1, -0.05) is 45.3 Å². The van der Waals surface area contributed by atoms with Crippen molar-refractivity contribution in [3.63, 3.8) is 0 Å². The molecule has 0 fully saturated rings. The van der Waals surface area contributed by atoms with Gasteiger partial charge in [-0.25, -0.2) is 0 Å². The third-order valence-electron chi connectivity index (χ3n) is 3.80. The van der Waals surface area contributed by atoms with Crippen molar-refractivity contribution >= 4 is 0 Å².